The summed E-state index contributed by atoms with van der Waals surface area (Å²) < 4.78 is 28.0. The largest absolute Gasteiger partial charge is 0.285 e. The SMILES string of the molecule is C=N/C(F)=C(C)/N=C(/c1cncc(F)c1)N(CC(/C=C\C=CC)=C/C)N(C)CCC. The fourth-order valence-electron chi connectivity index (χ4n) is 2.63. The number of halogens is 2. The standard InChI is InChI=1S/C23H31F2N5/c1-7-10-11-12-19(9-3)17-30(29(6)13-8-2)23(28-18(4)22(25)26-5)20-14-21(24)16-27-15-20/h7,9-12,14-16H,5,8,13,17H2,1-4,6H3/b10-7?,12-11-,19-9+,22-18+,28-23-. The quantitative estimate of drug-likeness (QED) is 0.167. The molecule has 0 spiro atoms. The summed E-state index contributed by atoms with van der Waals surface area (Å²) >= 11 is 0. The van der Waals surface area contributed by atoms with Crippen molar-refractivity contribution in [3.63, 3.8) is 0 Å². The molecular formula is C23H31F2N5. The molecule has 30 heavy (non-hydrogen) atoms. The maximum absolute atomic E-state index is 14.0. The zero-order valence-corrected chi connectivity index (χ0v) is 18.4. The Morgan fingerprint density at radius 1 is 1.27 bits per heavy atom. The predicted molar refractivity (Wildman–Crippen MR) is 121 cm³/mol. The third-order valence-electron chi connectivity index (χ3n) is 4.19. The summed E-state index contributed by atoms with van der Waals surface area (Å²) in [5, 5.41) is 3.86. The molecule has 0 N–H and O–H groups in total. The normalized spacial score (nSPS) is 14.0. The van der Waals surface area contributed by atoms with Crippen LogP contribution in [-0.4, -0.2) is 47.7 Å². The smallest absolute Gasteiger partial charge is 0.233 e. The molecular weight excluding hydrogens is 384 g/mol. The molecule has 1 heterocycles. The van der Waals surface area contributed by atoms with Crippen molar-refractivity contribution < 1.29 is 8.78 Å². The third-order valence-corrected chi connectivity index (χ3v) is 4.19. The summed E-state index contributed by atoms with van der Waals surface area (Å²) in [6.07, 6.45) is 13.3. The number of hydrogen-bond acceptors (Lipinski definition) is 4. The van der Waals surface area contributed by atoms with Gasteiger partial charge in [0, 0.05) is 25.4 Å². The first-order chi connectivity index (χ1) is 14.4. The minimum Gasteiger partial charge on any atom is -0.285 e. The van der Waals surface area contributed by atoms with Crippen molar-refractivity contribution in [2.75, 3.05) is 20.1 Å². The molecule has 0 atom stereocenters. The van der Waals surface area contributed by atoms with Crippen molar-refractivity contribution in [3.8, 4) is 0 Å². The number of nitrogens with zero attached hydrogens (tertiary/aromatic N) is 5. The summed E-state index contributed by atoms with van der Waals surface area (Å²) in [4.78, 5) is 11.7. The van der Waals surface area contributed by atoms with E-state index < -0.39 is 11.8 Å². The van der Waals surface area contributed by atoms with E-state index in [1.807, 2.05) is 61.3 Å². The fraction of sp³-hybridized carbons (Fsp3) is 0.348. The van der Waals surface area contributed by atoms with E-state index in [4.69, 9.17) is 0 Å². The lowest BCUT2D eigenvalue weighted by Gasteiger charge is -2.35. The molecule has 162 valence electrons. The molecule has 0 saturated carbocycles. The maximum atomic E-state index is 14.0. The summed E-state index contributed by atoms with van der Waals surface area (Å²) in [5.74, 6) is -0.913. The molecule has 5 nitrogen and oxygen atoms in total. The van der Waals surface area contributed by atoms with Gasteiger partial charge in [-0.1, -0.05) is 37.3 Å². The van der Waals surface area contributed by atoms with Crippen LogP contribution in [-0.2, 0) is 0 Å². The number of rotatable bonds is 10. The minimum absolute atomic E-state index is 0.0469. The van der Waals surface area contributed by atoms with E-state index in [2.05, 4.69) is 28.6 Å². The summed E-state index contributed by atoms with van der Waals surface area (Å²) in [6.45, 7) is 11.8. The second-order valence-corrected chi connectivity index (χ2v) is 6.55. The zero-order chi connectivity index (χ0) is 22.5. The van der Waals surface area contributed by atoms with Crippen molar-refractivity contribution in [1.82, 2.24) is 15.0 Å². The molecule has 0 aromatic carbocycles. The van der Waals surface area contributed by atoms with Gasteiger partial charge in [0.25, 0.3) is 0 Å². The molecule has 0 saturated heterocycles. The van der Waals surface area contributed by atoms with E-state index in [0.29, 0.717) is 17.9 Å². The first kappa shape index (κ1) is 25.1. The molecule has 0 amide bonds. The van der Waals surface area contributed by atoms with Crippen molar-refractivity contribution in [2.24, 2.45) is 9.98 Å². The van der Waals surface area contributed by atoms with Crippen LogP contribution >= 0.6 is 0 Å². The van der Waals surface area contributed by atoms with Crippen LogP contribution in [0.15, 0.2) is 76.0 Å². The molecule has 0 bridgehead atoms. The van der Waals surface area contributed by atoms with Gasteiger partial charge in [-0.15, -0.1) is 0 Å². The lowest BCUT2D eigenvalue weighted by atomic mass is 10.2. The first-order valence-corrected chi connectivity index (χ1v) is 9.83. The number of aliphatic imine (C=N–C) groups is 2. The molecule has 0 radical (unpaired) electrons. The van der Waals surface area contributed by atoms with Crippen LogP contribution < -0.4 is 0 Å². The van der Waals surface area contributed by atoms with Gasteiger partial charge in [0.2, 0.25) is 5.95 Å². The van der Waals surface area contributed by atoms with Gasteiger partial charge in [0.1, 0.15) is 5.82 Å². The average molecular weight is 416 g/mol. The van der Waals surface area contributed by atoms with E-state index in [9.17, 15) is 8.78 Å². The molecule has 1 aromatic heterocycles. The number of hydrogen-bond donors (Lipinski definition) is 0. The maximum Gasteiger partial charge on any atom is 0.233 e. The highest BCUT2D eigenvalue weighted by Gasteiger charge is 2.20. The van der Waals surface area contributed by atoms with Gasteiger partial charge in [0.05, 0.1) is 18.4 Å². The first-order valence-electron chi connectivity index (χ1n) is 9.83. The van der Waals surface area contributed by atoms with Gasteiger partial charge in [-0.2, -0.15) is 4.39 Å². The number of allylic oxidation sites excluding steroid dienone is 5. The lowest BCUT2D eigenvalue weighted by Crippen LogP contribution is -2.46. The van der Waals surface area contributed by atoms with Gasteiger partial charge in [-0.25, -0.2) is 19.4 Å². The van der Waals surface area contributed by atoms with Crippen molar-refractivity contribution in [1.29, 1.82) is 0 Å². The number of aromatic nitrogens is 1. The highest BCUT2D eigenvalue weighted by atomic mass is 19.1. The number of hydrazine groups is 1. The molecule has 7 heteroatoms. The van der Waals surface area contributed by atoms with Crippen LogP contribution in [0.25, 0.3) is 0 Å². The fourth-order valence-corrected chi connectivity index (χ4v) is 2.63. The second kappa shape index (κ2) is 13.3. The average Bonchev–Trinajstić information content (AvgIpc) is 2.74. The minimum atomic E-state index is -0.783. The lowest BCUT2D eigenvalue weighted by molar-refractivity contribution is 0.0877. The van der Waals surface area contributed by atoms with E-state index >= 15 is 0 Å². The van der Waals surface area contributed by atoms with Crippen LogP contribution in [0.2, 0.25) is 0 Å². The molecule has 0 unspecified atom stereocenters. The Hall–Kier alpha value is -2.93. The van der Waals surface area contributed by atoms with Crippen molar-refractivity contribution in [2.45, 2.75) is 34.1 Å². The Morgan fingerprint density at radius 3 is 2.57 bits per heavy atom. The van der Waals surface area contributed by atoms with Crippen molar-refractivity contribution in [3.05, 3.63) is 77.4 Å². The van der Waals surface area contributed by atoms with E-state index in [-0.39, 0.29) is 5.70 Å². The topological polar surface area (TPSA) is 44.1 Å². The molecule has 1 aromatic rings. The van der Waals surface area contributed by atoms with Crippen LogP contribution in [0.3, 0.4) is 0 Å². The Morgan fingerprint density at radius 2 is 2.00 bits per heavy atom. The van der Waals surface area contributed by atoms with E-state index in [1.165, 1.54) is 19.2 Å². The molecule has 0 aliphatic heterocycles. The third kappa shape index (κ3) is 7.83. The number of amidine groups is 1. The molecule has 0 aliphatic carbocycles. The summed E-state index contributed by atoms with van der Waals surface area (Å²) in [5.41, 5.74) is 1.49. The monoisotopic (exact) mass is 415 g/mol. The Bertz CT molecular complexity index is 853. The van der Waals surface area contributed by atoms with Gasteiger partial charge in [0.15, 0.2) is 5.84 Å². The van der Waals surface area contributed by atoms with E-state index in [0.717, 1.165) is 24.7 Å². The van der Waals surface area contributed by atoms with Crippen LogP contribution in [0.5, 0.6) is 0 Å². The summed E-state index contributed by atoms with van der Waals surface area (Å²) in [7, 11) is 1.91. The number of pyridine rings is 1. The Balaban J connectivity index is 3.58. The zero-order valence-electron chi connectivity index (χ0n) is 18.4. The van der Waals surface area contributed by atoms with Crippen LogP contribution in [0, 0.1) is 5.82 Å². The molecule has 1 rings (SSSR count). The highest BCUT2D eigenvalue weighted by Crippen LogP contribution is 2.17. The molecule has 0 aliphatic rings. The Labute approximate surface area is 178 Å². The van der Waals surface area contributed by atoms with Crippen LogP contribution in [0.1, 0.15) is 39.7 Å². The van der Waals surface area contributed by atoms with Gasteiger partial charge in [-0.05, 0) is 45.5 Å². The van der Waals surface area contributed by atoms with E-state index in [1.54, 1.807) is 0 Å². The highest BCUT2D eigenvalue weighted by molar-refractivity contribution is 5.99. The second-order valence-electron chi connectivity index (χ2n) is 6.55. The molecule has 0 fully saturated rings. The van der Waals surface area contributed by atoms with Crippen molar-refractivity contribution >= 4 is 12.6 Å². The summed E-state index contributed by atoms with van der Waals surface area (Å²) in [6, 6.07) is 1.33. The van der Waals surface area contributed by atoms with Gasteiger partial charge < -0.3 is 0 Å². The van der Waals surface area contributed by atoms with Gasteiger partial charge >= 0.3 is 0 Å². The Kier molecular flexibility index (Phi) is 11.1. The predicted octanol–water partition coefficient (Wildman–Crippen LogP) is 5.46. The van der Waals surface area contributed by atoms with Crippen LogP contribution in [0.4, 0.5) is 8.78 Å². The van der Waals surface area contributed by atoms with Gasteiger partial charge in [-0.3, -0.25) is 9.99 Å².